The Morgan fingerprint density at radius 1 is 0.545 bits per heavy atom. The largest absolute Gasteiger partial charge is 0.480 e. The van der Waals surface area contributed by atoms with Gasteiger partial charge in [0.15, 0.2) is 0 Å². The number of rotatable bonds is 34. The molecule has 5 N–H and O–H groups in total. The van der Waals surface area contributed by atoms with Crippen molar-refractivity contribution in [3.8, 4) is 0 Å². The van der Waals surface area contributed by atoms with Gasteiger partial charge < -0.3 is 34.5 Å². The fourth-order valence-corrected chi connectivity index (χ4v) is 10.00. The van der Waals surface area contributed by atoms with E-state index < -0.39 is 31.5 Å². The SMILES string of the molecule is C[N+](C)(C)CCOP(=O)(OCCCCCCCCCCCCCCCCCCO)c1ccc(CC2CN(CC(=O)O)CCN(CC(=O)O)CCCN(CC(=O)O)CCN(CC(=O)O)C2)cc1. The van der Waals surface area contributed by atoms with Crippen molar-refractivity contribution < 1.29 is 62.8 Å². The summed E-state index contributed by atoms with van der Waals surface area (Å²) in [5.41, 5.74) is 0.856. The first kappa shape index (κ1) is 59.1. The first-order valence-corrected chi connectivity index (χ1v) is 26.2. The van der Waals surface area contributed by atoms with Crippen molar-refractivity contribution in [3.63, 3.8) is 0 Å². The Morgan fingerprint density at radius 2 is 0.909 bits per heavy atom. The van der Waals surface area contributed by atoms with E-state index in [0.717, 1.165) is 37.7 Å². The third-order valence-corrected chi connectivity index (χ3v) is 14.0. The molecule has 1 atom stereocenters. The lowest BCUT2D eigenvalue weighted by atomic mass is 9.97. The van der Waals surface area contributed by atoms with Gasteiger partial charge in [-0.1, -0.05) is 102 Å². The van der Waals surface area contributed by atoms with Crippen LogP contribution in [0.3, 0.4) is 0 Å². The molecule has 0 aliphatic carbocycles. The smallest absolute Gasteiger partial charge is 0.361 e. The number of carboxylic acids is 4. The van der Waals surface area contributed by atoms with Crippen molar-refractivity contribution >= 4 is 36.8 Å². The molecule has 0 amide bonds. The minimum atomic E-state index is -3.69. The van der Waals surface area contributed by atoms with E-state index in [4.69, 9.17) is 14.2 Å². The summed E-state index contributed by atoms with van der Waals surface area (Å²) in [6.45, 7) is 2.74. The van der Waals surface area contributed by atoms with Gasteiger partial charge in [-0.15, -0.1) is 0 Å². The fourth-order valence-electron chi connectivity index (χ4n) is 8.42. The first-order valence-electron chi connectivity index (χ1n) is 24.6. The average molecular weight is 957 g/mol. The number of aliphatic carboxylic acids is 4. The Kier molecular flexibility index (Phi) is 30.7. The maximum absolute atomic E-state index is 14.5. The second-order valence-corrected chi connectivity index (χ2v) is 21.3. The summed E-state index contributed by atoms with van der Waals surface area (Å²) in [5.74, 6) is -4.40. The standard InChI is InChI=1S/C48H86N5O12P/c1-53(2,3)31-34-65-66(63,64-33-19-17-15-13-11-9-7-5-4-6-8-10-12-14-16-18-32-54)44-23-21-42(22-24-44)35-43-36-51(40-47(59)60)29-27-49(38-45(55)56)25-20-26-50(39-46(57)58)28-30-52(37-43)41-48(61)62/h21-24,43,54H,4-20,25-41H2,1-3H3,(H3-,55,56,57,58,59,60,61,62)/p+1. The molecule has 0 saturated carbocycles. The number of hydrogen-bond donors (Lipinski definition) is 5. The van der Waals surface area contributed by atoms with Crippen LogP contribution in [0.2, 0.25) is 0 Å². The molecule has 1 heterocycles. The van der Waals surface area contributed by atoms with Gasteiger partial charge in [0.2, 0.25) is 0 Å². The van der Waals surface area contributed by atoms with Gasteiger partial charge >= 0.3 is 31.5 Å². The molecule has 0 radical (unpaired) electrons. The van der Waals surface area contributed by atoms with Gasteiger partial charge in [-0.25, -0.2) is 0 Å². The highest BCUT2D eigenvalue weighted by atomic mass is 31.2. The van der Waals surface area contributed by atoms with Crippen LogP contribution in [0.4, 0.5) is 0 Å². The number of quaternary nitrogens is 1. The lowest BCUT2D eigenvalue weighted by Crippen LogP contribution is -2.47. The predicted molar refractivity (Wildman–Crippen MR) is 258 cm³/mol. The Morgan fingerprint density at radius 3 is 1.30 bits per heavy atom. The van der Waals surface area contributed by atoms with Gasteiger partial charge in [-0.2, -0.15) is 0 Å². The number of carboxylic acid groups (broad SMARTS) is 4. The Bertz CT molecular complexity index is 1500. The fraction of sp³-hybridized carbons (Fsp3) is 0.792. The molecule has 380 valence electrons. The van der Waals surface area contributed by atoms with Crippen molar-refractivity contribution in [1.82, 2.24) is 19.6 Å². The number of hydrogen-bond acceptors (Lipinski definition) is 12. The summed E-state index contributed by atoms with van der Waals surface area (Å²) < 4.78 is 27.3. The monoisotopic (exact) mass is 957 g/mol. The second kappa shape index (κ2) is 34.3. The van der Waals surface area contributed by atoms with Gasteiger partial charge in [0.05, 0.1) is 59.2 Å². The van der Waals surface area contributed by atoms with Gasteiger partial charge in [0.1, 0.15) is 13.2 Å². The van der Waals surface area contributed by atoms with Crippen molar-refractivity contribution in [1.29, 1.82) is 0 Å². The highest BCUT2D eigenvalue weighted by Gasteiger charge is 2.30. The zero-order valence-corrected chi connectivity index (χ0v) is 41.6. The molecular weight excluding hydrogens is 870 g/mol. The van der Waals surface area contributed by atoms with E-state index in [9.17, 15) is 44.2 Å². The summed E-state index contributed by atoms with van der Waals surface area (Å²) in [6, 6.07) is 7.22. The topological polar surface area (TPSA) is 218 Å². The minimum absolute atomic E-state index is 0.239. The number of aliphatic hydroxyl groups excluding tert-OH is 1. The maximum atomic E-state index is 14.5. The predicted octanol–water partition coefficient (Wildman–Crippen LogP) is 5.59. The molecule has 66 heavy (non-hydrogen) atoms. The lowest BCUT2D eigenvalue weighted by Gasteiger charge is -2.34. The Labute approximate surface area is 395 Å². The van der Waals surface area contributed by atoms with Gasteiger partial charge in [0, 0.05) is 59.0 Å². The van der Waals surface area contributed by atoms with E-state index in [1.807, 2.05) is 33.3 Å². The molecule has 1 saturated heterocycles. The molecule has 17 nitrogen and oxygen atoms in total. The van der Waals surface area contributed by atoms with Crippen molar-refractivity contribution in [3.05, 3.63) is 29.8 Å². The maximum Gasteiger partial charge on any atom is 0.361 e. The molecular formula is C48H87N5O12P+. The highest BCUT2D eigenvalue weighted by Crippen LogP contribution is 2.47. The summed E-state index contributed by atoms with van der Waals surface area (Å²) in [6.07, 6.45) is 19.8. The zero-order chi connectivity index (χ0) is 48.6. The molecule has 1 aliphatic heterocycles. The molecule has 1 aromatic carbocycles. The van der Waals surface area contributed by atoms with E-state index >= 15 is 0 Å². The van der Waals surface area contributed by atoms with E-state index in [0.29, 0.717) is 55.5 Å². The van der Waals surface area contributed by atoms with E-state index in [2.05, 4.69) is 0 Å². The first-order chi connectivity index (χ1) is 31.5. The Hall–Kier alpha value is -2.99. The molecule has 1 fully saturated rings. The van der Waals surface area contributed by atoms with Gasteiger partial charge in [-0.3, -0.25) is 47.9 Å². The lowest BCUT2D eigenvalue weighted by molar-refractivity contribution is -0.870. The van der Waals surface area contributed by atoms with E-state index in [1.165, 1.54) is 70.6 Å². The van der Waals surface area contributed by atoms with Crippen molar-refractivity contribution in [2.45, 2.75) is 116 Å². The summed E-state index contributed by atoms with van der Waals surface area (Å²) >= 11 is 0. The van der Waals surface area contributed by atoms with Crippen LogP contribution < -0.4 is 5.30 Å². The number of benzene rings is 1. The quantitative estimate of drug-likeness (QED) is 0.0323. The summed E-state index contributed by atoms with van der Waals surface area (Å²) in [7, 11) is 2.41. The van der Waals surface area contributed by atoms with Gasteiger partial charge in [-0.05, 0) is 49.3 Å². The normalized spacial score (nSPS) is 17.0. The van der Waals surface area contributed by atoms with E-state index in [-0.39, 0.29) is 78.0 Å². The third kappa shape index (κ3) is 29.7. The highest BCUT2D eigenvalue weighted by molar-refractivity contribution is 7.62. The summed E-state index contributed by atoms with van der Waals surface area (Å²) in [4.78, 5) is 54.5. The molecule has 1 unspecified atom stereocenters. The minimum Gasteiger partial charge on any atom is -0.480 e. The zero-order valence-electron chi connectivity index (χ0n) is 40.7. The summed E-state index contributed by atoms with van der Waals surface area (Å²) in [5, 5.41) is 48.2. The molecule has 1 aliphatic rings. The van der Waals surface area contributed by atoms with Crippen LogP contribution in [0.1, 0.15) is 115 Å². The molecule has 2 rings (SSSR count). The van der Waals surface area contributed by atoms with Crippen LogP contribution in [0.15, 0.2) is 24.3 Å². The molecule has 0 aromatic heterocycles. The number of unbranched alkanes of at least 4 members (excludes halogenated alkanes) is 15. The number of aliphatic hydroxyl groups is 1. The van der Waals surface area contributed by atoms with Crippen LogP contribution >= 0.6 is 7.60 Å². The Balaban J connectivity index is 2.11. The van der Waals surface area contributed by atoms with E-state index in [1.54, 1.807) is 31.7 Å². The van der Waals surface area contributed by atoms with Crippen LogP contribution in [-0.2, 0) is 39.2 Å². The van der Waals surface area contributed by atoms with Crippen molar-refractivity contribution in [2.75, 3.05) is 126 Å². The second-order valence-electron chi connectivity index (χ2n) is 19.2. The number of carbonyl (C=O) groups is 4. The average Bonchev–Trinajstić information content (AvgIpc) is 3.22. The van der Waals surface area contributed by atoms with Crippen LogP contribution in [0, 0.1) is 5.92 Å². The molecule has 1 aromatic rings. The number of nitrogens with zero attached hydrogens (tertiary/aromatic N) is 5. The third-order valence-electron chi connectivity index (χ3n) is 12.0. The van der Waals surface area contributed by atoms with Crippen LogP contribution in [0.25, 0.3) is 0 Å². The van der Waals surface area contributed by atoms with Crippen molar-refractivity contribution in [2.24, 2.45) is 5.92 Å². The van der Waals surface area contributed by atoms with Crippen LogP contribution in [0.5, 0.6) is 0 Å². The number of likely N-dealkylation sites (N-methyl/N-ethyl adjacent to an activating group) is 1. The molecule has 18 heteroatoms. The molecule has 0 bridgehead atoms. The van der Waals surface area contributed by atoms with Gasteiger partial charge in [0.25, 0.3) is 0 Å². The molecule has 0 spiro atoms. The van der Waals surface area contributed by atoms with Crippen LogP contribution in [-0.4, -0.2) is 200 Å².